The first-order chi connectivity index (χ1) is 9.56. The van der Waals surface area contributed by atoms with Gasteiger partial charge in [-0.3, -0.25) is 4.79 Å². The average molecular weight is 300 g/mol. The monoisotopic (exact) mass is 300 g/mol. The SMILES string of the molecule is CC.COC(=O)C/C(=C\Nc1nc(C)cs1)C(=O)OC. The third-order valence-corrected chi connectivity index (χ3v) is 2.89. The van der Waals surface area contributed by atoms with Crippen LogP contribution in [0.25, 0.3) is 0 Å². The van der Waals surface area contributed by atoms with Gasteiger partial charge < -0.3 is 14.8 Å². The van der Waals surface area contributed by atoms with Crippen molar-refractivity contribution in [1.82, 2.24) is 4.98 Å². The average Bonchev–Trinajstić information content (AvgIpc) is 2.90. The van der Waals surface area contributed by atoms with Crippen LogP contribution in [0.3, 0.4) is 0 Å². The molecule has 0 aromatic carbocycles. The molecule has 0 aliphatic rings. The molecule has 0 aliphatic heterocycles. The molecule has 0 radical (unpaired) electrons. The molecule has 0 aliphatic carbocycles. The summed E-state index contributed by atoms with van der Waals surface area (Å²) in [6.07, 6.45) is 1.25. The minimum Gasteiger partial charge on any atom is -0.469 e. The van der Waals surface area contributed by atoms with E-state index in [1.165, 1.54) is 31.8 Å². The Hall–Kier alpha value is -1.89. The van der Waals surface area contributed by atoms with Crippen LogP contribution in [-0.4, -0.2) is 31.1 Å². The van der Waals surface area contributed by atoms with Crippen molar-refractivity contribution in [3.63, 3.8) is 0 Å². The standard InChI is InChI=1S/C11H14N2O4S.C2H6/c1-7-6-18-11(13-7)12-5-8(10(15)17-3)4-9(14)16-2;1-2/h5-6H,4H2,1-3H3,(H,12,13);1-2H3/b8-5+;. The summed E-state index contributed by atoms with van der Waals surface area (Å²) >= 11 is 1.40. The molecule has 1 N–H and O–H groups in total. The molecule has 112 valence electrons. The molecule has 0 saturated carbocycles. The van der Waals surface area contributed by atoms with E-state index >= 15 is 0 Å². The smallest absolute Gasteiger partial charge is 0.335 e. The summed E-state index contributed by atoms with van der Waals surface area (Å²) < 4.78 is 9.08. The largest absolute Gasteiger partial charge is 0.469 e. The van der Waals surface area contributed by atoms with Gasteiger partial charge in [-0.15, -0.1) is 11.3 Å². The Morgan fingerprint density at radius 3 is 2.45 bits per heavy atom. The lowest BCUT2D eigenvalue weighted by atomic mass is 10.2. The minimum atomic E-state index is -0.582. The molecule has 0 spiro atoms. The number of nitrogens with one attached hydrogen (secondary N) is 1. The lowest BCUT2D eigenvalue weighted by Crippen LogP contribution is -2.12. The van der Waals surface area contributed by atoms with Crippen molar-refractivity contribution in [1.29, 1.82) is 0 Å². The third kappa shape index (κ3) is 6.33. The molecule has 20 heavy (non-hydrogen) atoms. The van der Waals surface area contributed by atoms with E-state index < -0.39 is 11.9 Å². The molecule has 0 bridgehead atoms. The van der Waals surface area contributed by atoms with Crippen LogP contribution in [0.5, 0.6) is 0 Å². The summed E-state index contributed by atoms with van der Waals surface area (Å²) in [6, 6.07) is 0. The molecular weight excluding hydrogens is 280 g/mol. The lowest BCUT2D eigenvalue weighted by Gasteiger charge is -2.04. The Morgan fingerprint density at radius 1 is 1.35 bits per heavy atom. The number of ether oxygens (including phenoxy) is 2. The summed E-state index contributed by atoms with van der Waals surface area (Å²) in [4.78, 5) is 26.7. The number of nitrogens with zero attached hydrogens (tertiary/aromatic N) is 1. The topological polar surface area (TPSA) is 77.5 Å². The van der Waals surface area contributed by atoms with Crippen molar-refractivity contribution in [2.75, 3.05) is 19.5 Å². The number of methoxy groups -OCH3 is 2. The second kappa shape index (κ2) is 9.96. The molecule has 0 fully saturated rings. The Kier molecular flexibility index (Phi) is 9.02. The van der Waals surface area contributed by atoms with Gasteiger partial charge in [-0.05, 0) is 6.92 Å². The minimum absolute atomic E-state index is 0.152. The van der Waals surface area contributed by atoms with Gasteiger partial charge in [-0.2, -0.15) is 0 Å². The predicted octanol–water partition coefficient (Wildman–Crippen LogP) is 2.51. The molecule has 0 atom stereocenters. The molecule has 1 rings (SSSR count). The highest BCUT2D eigenvalue weighted by atomic mass is 32.1. The highest BCUT2D eigenvalue weighted by Gasteiger charge is 2.14. The van der Waals surface area contributed by atoms with E-state index in [1.54, 1.807) is 0 Å². The van der Waals surface area contributed by atoms with E-state index in [0.717, 1.165) is 5.69 Å². The van der Waals surface area contributed by atoms with Gasteiger partial charge in [-0.1, -0.05) is 13.8 Å². The number of hydrogen-bond acceptors (Lipinski definition) is 7. The Morgan fingerprint density at radius 2 is 2.00 bits per heavy atom. The fourth-order valence-corrected chi connectivity index (χ4v) is 1.77. The number of aryl methyl sites for hydroxylation is 1. The lowest BCUT2D eigenvalue weighted by molar-refractivity contribution is -0.143. The molecule has 6 nitrogen and oxygen atoms in total. The van der Waals surface area contributed by atoms with Crippen LogP contribution < -0.4 is 5.32 Å². The molecular formula is C13H20N2O4S. The van der Waals surface area contributed by atoms with Crippen molar-refractivity contribution < 1.29 is 19.1 Å². The van der Waals surface area contributed by atoms with Gasteiger partial charge in [0.25, 0.3) is 0 Å². The fourth-order valence-electron chi connectivity index (χ4n) is 1.11. The maximum absolute atomic E-state index is 11.4. The summed E-state index contributed by atoms with van der Waals surface area (Å²) in [5.41, 5.74) is 1.06. The van der Waals surface area contributed by atoms with Crippen LogP contribution in [0.2, 0.25) is 0 Å². The first-order valence-corrected chi connectivity index (χ1v) is 6.97. The van der Waals surface area contributed by atoms with Crippen LogP contribution in [0.4, 0.5) is 5.13 Å². The van der Waals surface area contributed by atoms with E-state index in [4.69, 9.17) is 0 Å². The Labute approximate surface area is 122 Å². The molecule has 0 unspecified atom stereocenters. The van der Waals surface area contributed by atoms with E-state index in [9.17, 15) is 9.59 Å². The molecule has 1 aromatic rings. The molecule has 0 saturated heterocycles. The second-order valence-corrected chi connectivity index (χ2v) is 4.21. The van der Waals surface area contributed by atoms with E-state index in [0.29, 0.717) is 5.13 Å². The number of esters is 2. The van der Waals surface area contributed by atoms with Gasteiger partial charge in [0.15, 0.2) is 5.13 Å². The summed E-state index contributed by atoms with van der Waals surface area (Å²) in [5.74, 6) is -1.09. The number of rotatable bonds is 5. The summed E-state index contributed by atoms with van der Waals surface area (Å²) in [5, 5.41) is 5.35. The molecule has 7 heteroatoms. The number of thiazole rings is 1. The first kappa shape index (κ1) is 18.1. The summed E-state index contributed by atoms with van der Waals surface area (Å²) in [6.45, 7) is 5.86. The van der Waals surface area contributed by atoms with Gasteiger partial charge in [-0.25, -0.2) is 9.78 Å². The van der Waals surface area contributed by atoms with Crippen molar-refractivity contribution >= 4 is 28.4 Å². The Balaban J connectivity index is 0.00000172. The van der Waals surface area contributed by atoms with Gasteiger partial charge in [0.2, 0.25) is 0 Å². The number of aromatic nitrogens is 1. The van der Waals surface area contributed by atoms with Crippen molar-refractivity contribution in [2.45, 2.75) is 27.2 Å². The quantitative estimate of drug-likeness (QED) is 0.665. The number of carbonyl (C=O) groups excluding carboxylic acids is 2. The number of anilines is 1. The van der Waals surface area contributed by atoms with Crippen LogP contribution >= 0.6 is 11.3 Å². The Bertz CT molecular complexity index is 469. The highest BCUT2D eigenvalue weighted by molar-refractivity contribution is 7.13. The predicted molar refractivity (Wildman–Crippen MR) is 78.6 cm³/mol. The highest BCUT2D eigenvalue weighted by Crippen LogP contribution is 2.15. The van der Waals surface area contributed by atoms with Crippen LogP contribution in [-0.2, 0) is 19.1 Å². The van der Waals surface area contributed by atoms with Crippen LogP contribution in [0.1, 0.15) is 26.0 Å². The molecule has 1 aromatic heterocycles. The van der Waals surface area contributed by atoms with Crippen molar-refractivity contribution in [3.05, 3.63) is 22.8 Å². The van der Waals surface area contributed by atoms with Gasteiger partial charge >= 0.3 is 11.9 Å². The maximum atomic E-state index is 11.4. The van der Waals surface area contributed by atoms with Gasteiger partial charge in [0, 0.05) is 11.6 Å². The zero-order valence-corrected chi connectivity index (χ0v) is 13.2. The van der Waals surface area contributed by atoms with Crippen LogP contribution in [0.15, 0.2) is 17.2 Å². The molecule has 0 amide bonds. The normalized spacial score (nSPS) is 10.2. The zero-order chi connectivity index (χ0) is 15.5. The number of hydrogen-bond donors (Lipinski definition) is 1. The maximum Gasteiger partial charge on any atom is 0.335 e. The number of carbonyl (C=O) groups is 2. The van der Waals surface area contributed by atoms with E-state index in [2.05, 4.69) is 19.8 Å². The zero-order valence-electron chi connectivity index (χ0n) is 12.4. The van der Waals surface area contributed by atoms with Gasteiger partial charge in [0.1, 0.15) is 0 Å². The van der Waals surface area contributed by atoms with Crippen LogP contribution in [0, 0.1) is 6.92 Å². The summed E-state index contributed by atoms with van der Waals surface area (Å²) in [7, 11) is 2.51. The van der Waals surface area contributed by atoms with Crippen molar-refractivity contribution in [3.8, 4) is 0 Å². The molecule has 1 heterocycles. The van der Waals surface area contributed by atoms with Gasteiger partial charge in [0.05, 0.1) is 31.9 Å². The fraction of sp³-hybridized carbons (Fsp3) is 0.462. The second-order valence-electron chi connectivity index (χ2n) is 3.35. The van der Waals surface area contributed by atoms with E-state index in [-0.39, 0.29) is 12.0 Å². The third-order valence-electron chi connectivity index (χ3n) is 2.00. The first-order valence-electron chi connectivity index (χ1n) is 6.09. The van der Waals surface area contributed by atoms with Crippen molar-refractivity contribution in [2.24, 2.45) is 0 Å². The van der Waals surface area contributed by atoms with E-state index in [1.807, 2.05) is 26.2 Å².